The van der Waals surface area contributed by atoms with Crippen LogP contribution in [-0.2, 0) is 9.59 Å². The summed E-state index contributed by atoms with van der Waals surface area (Å²) < 4.78 is 10.6. The molecule has 1 heterocycles. The van der Waals surface area contributed by atoms with Crippen molar-refractivity contribution in [3.8, 4) is 17.6 Å². The maximum Gasteiger partial charge on any atom is 0.272 e. The predicted octanol–water partition coefficient (Wildman–Crippen LogP) is 4.00. The zero-order chi connectivity index (χ0) is 21.1. The summed E-state index contributed by atoms with van der Waals surface area (Å²) in [5, 5.41) is 9.10. The highest BCUT2D eigenvalue weighted by Gasteiger charge is 2.40. The second kappa shape index (κ2) is 8.41. The smallest absolute Gasteiger partial charge is 0.272 e. The number of anilines is 1. The van der Waals surface area contributed by atoms with Gasteiger partial charge in [0.1, 0.15) is 0 Å². The van der Waals surface area contributed by atoms with Gasteiger partial charge in [-0.05, 0) is 42.0 Å². The quantitative estimate of drug-likeness (QED) is 0.672. The first kappa shape index (κ1) is 20.5. The number of nitrogens with zero attached hydrogens (tertiary/aromatic N) is 2. The molecule has 29 heavy (non-hydrogen) atoms. The van der Waals surface area contributed by atoms with Crippen LogP contribution in [-0.4, -0.2) is 31.3 Å². The van der Waals surface area contributed by atoms with E-state index in [0.717, 1.165) is 4.90 Å². The van der Waals surface area contributed by atoms with Crippen LogP contribution in [0.25, 0.3) is 5.57 Å². The molecule has 0 atom stereocenters. The normalized spacial score (nSPS) is 13.9. The van der Waals surface area contributed by atoms with Crippen LogP contribution in [0.4, 0.5) is 5.69 Å². The molecule has 7 heteroatoms. The Morgan fingerprint density at radius 1 is 0.966 bits per heavy atom. The van der Waals surface area contributed by atoms with Gasteiger partial charge in [-0.25, -0.2) is 4.90 Å². The van der Waals surface area contributed by atoms with Crippen molar-refractivity contribution in [3.05, 3.63) is 58.5 Å². The predicted molar refractivity (Wildman–Crippen MR) is 113 cm³/mol. The van der Waals surface area contributed by atoms with E-state index in [4.69, 9.17) is 14.7 Å². The van der Waals surface area contributed by atoms with Crippen molar-refractivity contribution in [1.29, 1.82) is 5.26 Å². The van der Waals surface area contributed by atoms with Gasteiger partial charge in [-0.15, -0.1) is 11.8 Å². The first-order valence-corrected chi connectivity index (χ1v) is 9.81. The number of hydrogen-bond acceptors (Lipinski definition) is 6. The Balaban J connectivity index is 2.11. The lowest BCUT2D eigenvalue weighted by Crippen LogP contribution is -2.31. The number of hydrogen-bond donors (Lipinski definition) is 0. The summed E-state index contributed by atoms with van der Waals surface area (Å²) in [6, 6.07) is 13.5. The van der Waals surface area contributed by atoms with E-state index in [1.165, 1.54) is 26.0 Å². The molecule has 1 aliphatic heterocycles. The van der Waals surface area contributed by atoms with Crippen molar-refractivity contribution < 1.29 is 19.1 Å². The fourth-order valence-corrected chi connectivity index (χ4v) is 4.01. The maximum absolute atomic E-state index is 13.3. The van der Waals surface area contributed by atoms with E-state index in [1.807, 2.05) is 19.9 Å². The van der Waals surface area contributed by atoms with Gasteiger partial charge in [-0.2, -0.15) is 5.26 Å². The number of carbonyl (C=O) groups is 2. The van der Waals surface area contributed by atoms with Crippen molar-refractivity contribution in [2.24, 2.45) is 0 Å². The summed E-state index contributed by atoms with van der Waals surface area (Å²) in [6.45, 7) is 3.93. The van der Waals surface area contributed by atoms with Crippen LogP contribution >= 0.6 is 11.8 Å². The monoisotopic (exact) mass is 408 g/mol. The third-order valence-electron chi connectivity index (χ3n) is 4.32. The van der Waals surface area contributed by atoms with E-state index in [-0.39, 0.29) is 11.2 Å². The van der Waals surface area contributed by atoms with Gasteiger partial charge in [0.05, 0.1) is 42.0 Å². The van der Waals surface area contributed by atoms with Gasteiger partial charge in [0.2, 0.25) is 0 Å². The van der Waals surface area contributed by atoms with Crippen molar-refractivity contribution in [2.45, 2.75) is 19.1 Å². The minimum absolute atomic E-state index is 0.109. The van der Waals surface area contributed by atoms with Gasteiger partial charge in [-0.3, -0.25) is 9.59 Å². The number of carbonyl (C=O) groups excluding carboxylic acids is 2. The zero-order valence-electron chi connectivity index (χ0n) is 16.6. The zero-order valence-corrected chi connectivity index (χ0v) is 17.4. The molecule has 3 rings (SSSR count). The van der Waals surface area contributed by atoms with E-state index >= 15 is 0 Å². The number of amides is 2. The molecule has 0 aliphatic carbocycles. The minimum atomic E-state index is -0.407. The highest BCUT2D eigenvalue weighted by Crippen LogP contribution is 2.41. The summed E-state index contributed by atoms with van der Waals surface area (Å²) in [4.78, 5) is 28.0. The molecule has 0 bridgehead atoms. The lowest BCUT2D eigenvalue weighted by Gasteiger charge is -2.15. The summed E-state index contributed by atoms with van der Waals surface area (Å²) in [6.07, 6.45) is 0. The molecule has 2 aromatic rings. The number of benzene rings is 2. The van der Waals surface area contributed by atoms with E-state index in [0.29, 0.717) is 38.8 Å². The largest absolute Gasteiger partial charge is 0.493 e. The third kappa shape index (κ3) is 3.84. The molecule has 0 radical (unpaired) electrons. The fourth-order valence-electron chi connectivity index (χ4n) is 3.02. The fraction of sp³-hybridized carbons (Fsp3) is 0.227. The summed E-state index contributed by atoms with van der Waals surface area (Å²) >= 11 is 1.35. The van der Waals surface area contributed by atoms with Gasteiger partial charge < -0.3 is 9.47 Å². The number of imide groups is 1. The van der Waals surface area contributed by atoms with Crippen molar-refractivity contribution >= 4 is 34.8 Å². The molecule has 0 saturated heterocycles. The maximum atomic E-state index is 13.3. The van der Waals surface area contributed by atoms with Crippen LogP contribution in [0.2, 0.25) is 0 Å². The van der Waals surface area contributed by atoms with Crippen LogP contribution < -0.4 is 14.4 Å². The van der Waals surface area contributed by atoms with Gasteiger partial charge in [0.25, 0.3) is 11.8 Å². The Labute approximate surface area is 173 Å². The Kier molecular flexibility index (Phi) is 5.95. The van der Waals surface area contributed by atoms with Crippen LogP contribution in [0.1, 0.15) is 25.0 Å². The van der Waals surface area contributed by atoms with Crippen molar-refractivity contribution in [3.63, 3.8) is 0 Å². The summed E-state index contributed by atoms with van der Waals surface area (Å²) in [5.74, 6) is 0.234. The summed E-state index contributed by atoms with van der Waals surface area (Å²) in [7, 11) is 3.05. The molecule has 0 aromatic heterocycles. The van der Waals surface area contributed by atoms with E-state index in [2.05, 4.69) is 0 Å². The average molecular weight is 408 g/mol. The number of nitriles is 1. The topological polar surface area (TPSA) is 79.6 Å². The van der Waals surface area contributed by atoms with E-state index in [1.54, 1.807) is 42.5 Å². The molecule has 0 fully saturated rings. The Morgan fingerprint density at radius 3 is 2.17 bits per heavy atom. The number of thioether (sulfide) groups is 1. The Hall–Kier alpha value is -3.24. The molecule has 2 amide bonds. The molecule has 1 aliphatic rings. The molecule has 2 aromatic carbocycles. The van der Waals surface area contributed by atoms with Crippen LogP contribution in [0.3, 0.4) is 0 Å². The lowest BCUT2D eigenvalue weighted by atomic mass is 10.1. The molecule has 0 spiro atoms. The first-order chi connectivity index (χ1) is 13.9. The van der Waals surface area contributed by atoms with Crippen molar-refractivity contribution in [2.75, 3.05) is 19.1 Å². The van der Waals surface area contributed by atoms with Crippen molar-refractivity contribution in [1.82, 2.24) is 0 Å². The Bertz CT molecular complexity index is 1040. The molecular weight excluding hydrogens is 388 g/mol. The Morgan fingerprint density at radius 2 is 1.62 bits per heavy atom. The van der Waals surface area contributed by atoms with Crippen LogP contribution in [0.5, 0.6) is 11.5 Å². The second-order valence-corrected chi connectivity index (χ2v) is 8.13. The van der Waals surface area contributed by atoms with Gasteiger partial charge >= 0.3 is 0 Å². The van der Waals surface area contributed by atoms with E-state index < -0.39 is 5.91 Å². The molecule has 0 N–H and O–H groups in total. The molecule has 6 nitrogen and oxygen atoms in total. The van der Waals surface area contributed by atoms with Gasteiger partial charge in [0, 0.05) is 5.25 Å². The standard InChI is InChI=1S/C22H20N2O4S/c1-13(2)29-20-19(15-7-10-17(27-3)18(11-15)28-4)21(25)24(22(20)26)16-8-5-14(12-23)6-9-16/h5-11,13H,1-4H3. The number of rotatable bonds is 6. The highest BCUT2D eigenvalue weighted by molar-refractivity contribution is 8.04. The number of methoxy groups -OCH3 is 2. The van der Waals surface area contributed by atoms with Gasteiger partial charge in [-0.1, -0.05) is 19.9 Å². The van der Waals surface area contributed by atoms with Crippen LogP contribution in [0.15, 0.2) is 47.4 Å². The highest BCUT2D eigenvalue weighted by atomic mass is 32.2. The van der Waals surface area contributed by atoms with Gasteiger partial charge in [0.15, 0.2) is 11.5 Å². The minimum Gasteiger partial charge on any atom is -0.493 e. The average Bonchev–Trinajstić information content (AvgIpc) is 2.96. The second-order valence-electron chi connectivity index (χ2n) is 6.54. The number of ether oxygens (including phenoxy) is 2. The summed E-state index contributed by atoms with van der Waals surface area (Å²) in [5.41, 5.74) is 1.80. The lowest BCUT2D eigenvalue weighted by molar-refractivity contribution is -0.119. The third-order valence-corrected chi connectivity index (χ3v) is 5.41. The SMILES string of the molecule is COc1ccc(C2=C(SC(C)C)C(=O)N(c3ccc(C#N)cc3)C2=O)cc1OC. The molecule has 0 saturated carbocycles. The van der Waals surface area contributed by atoms with E-state index in [9.17, 15) is 9.59 Å². The molecular formula is C22H20N2O4S. The first-order valence-electron chi connectivity index (χ1n) is 8.93. The molecule has 148 valence electrons. The molecule has 0 unspecified atom stereocenters. The van der Waals surface area contributed by atoms with Crippen LogP contribution in [0, 0.1) is 11.3 Å².